The first kappa shape index (κ1) is 11.6. The van der Waals surface area contributed by atoms with Crippen LogP contribution >= 0.6 is 0 Å². The van der Waals surface area contributed by atoms with E-state index in [-0.39, 0.29) is 5.91 Å². The average Bonchev–Trinajstić information content (AvgIpc) is 2.16. The fourth-order valence-electron chi connectivity index (χ4n) is 0.943. The number of amides is 1. The Hall–Kier alpha value is -1.45. The molecule has 0 fully saturated rings. The molecule has 1 N–H and O–H groups in total. The molecule has 0 unspecified atom stereocenters. The smallest absolute Gasteiger partial charge is 0.230 e. The molecule has 4 nitrogen and oxygen atoms in total. The number of aryl methyl sites for hydroxylation is 1. The molecule has 0 aliphatic carbocycles. The second kappa shape index (κ2) is 4.38. The number of nitrogens with one attached hydrogen (secondary N) is 1. The SMILES string of the molecule is CCc1nccc(NC(=O)C(C)(C)C)n1. The number of carbonyl (C=O) groups is 1. The standard InChI is InChI=1S/C11H17N3O/c1-5-8-12-7-6-9(13-8)14-10(15)11(2,3)4/h6-7H,5H2,1-4H3,(H,12,13,14,15). The maximum absolute atomic E-state index is 11.7. The number of carbonyl (C=O) groups excluding carboxylic acids is 1. The average molecular weight is 207 g/mol. The lowest BCUT2D eigenvalue weighted by Gasteiger charge is -2.17. The van der Waals surface area contributed by atoms with Crippen molar-refractivity contribution in [1.29, 1.82) is 0 Å². The van der Waals surface area contributed by atoms with Crippen molar-refractivity contribution in [2.24, 2.45) is 5.41 Å². The van der Waals surface area contributed by atoms with Crippen molar-refractivity contribution >= 4 is 11.7 Å². The van der Waals surface area contributed by atoms with Crippen molar-refractivity contribution in [3.63, 3.8) is 0 Å². The maximum atomic E-state index is 11.7. The zero-order chi connectivity index (χ0) is 11.5. The summed E-state index contributed by atoms with van der Waals surface area (Å²) >= 11 is 0. The molecule has 1 aromatic rings. The number of rotatable bonds is 2. The van der Waals surface area contributed by atoms with Crippen LogP contribution in [0.25, 0.3) is 0 Å². The Balaban J connectivity index is 2.77. The van der Waals surface area contributed by atoms with Gasteiger partial charge in [0.25, 0.3) is 0 Å². The van der Waals surface area contributed by atoms with E-state index in [2.05, 4.69) is 15.3 Å². The minimum absolute atomic E-state index is 0.0387. The minimum atomic E-state index is -0.405. The first-order valence-corrected chi connectivity index (χ1v) is 5.07. The highest BCUT2D eigenvalue weighted by Gasteiger charge is 2.21. The monoisotopic (exact) mass is 207 g/mol. The molecule has 82 valence electrons. The second-order valence-corrected chi connectivity index (χ2v) is 4.42. The maximum Gasteiger partial charge on any atom is 0.230 e. The Labute approximate surface area is 90.1 Å². The molecule has 0 radical (unpaired) electrons. The quantitative estimate of drug-likeness (QED) is 0.807. The van der Waals surface area contributed by atoms with Crippen LogP contribution in [0.2, 0.25) is 0 Å². The number of hydrogen-bond donors (Lipinski definition) is 1. The summed E-state index contributed by atoms with van der Waals surface area (Å²) in [7, 11) is 0. The van der Waals surface area contributed by atoms with Crippen LogP contribution in [-0.2, 0) is 11.2 Å². The van der Waals surface area contributed by atoms with Gasteiger partial charge in [0.1, 0.15) is 11.6 Å². The van der Waals surface area contributed by atoms with Gasteiger partial charge in [0, 0.05) is 18.0 Å². The Morgan fingerprint density at radius 1 is 1.47 bits per heavy atom. The summed E-state index contributed by atoms with van der Waals surface area (Å²) in [5, 5.41) is 2.77. The molecule has 1 amide bonds. The lowest BCUT2D eigenvalue weighted by molar-refractivity contribution is -0.123. The fourth-order valence-corrected chi connectivity index (χ4v) is 0.943. The summed E-state index contributed by atoms with van der Waals surface area (Å²) < 4.78 is 0. The molecule has 0 aliphatic rings. The van der Waals surface area contributed by atoms with Crippen LogP contribution in [0.3, 0.4) is 0 Å². The van der Waals surface area contributed by atoms with Crippen LogP contribution < -0.4 is 5.32 Å². The number of aromatic nitrogens is 2. The molecule has 4 heteroatoms. The van der Waals surface area contributed by atoms with Gasteiger partial charge in [-0.3, -0.25) is 4.79 Å². The molecule has 0 aliphatic heterocycles. The summed E-state index contributed by atoms with van der Waals surface area (Å²) in [6.07, 6.45) is 2.42. The van der Waals surface area contributed by atoms with Gasteiger partial charge in [-0.15, -0.1) is 0 Å². The number of nitrogens with zero attached hydrogens (tertiary/aromatic N) is 2. The van der Waals surface area contributed by atoms with Gasteiger partial charge in [-0.1, -0.05) is 27.7 Å². The second-order valence-electron chi connectivity index (χ2n) is 4.42. The molecule has 0 atom stereocenters. The summed E-state index contributed by atoms with van der Waals surface area (Å²) in [6, 6.07) is 1.70. The van der Waals surface area contributed by atoms with E-state index in [9.17, 15) is 4.79 Å². The van der Waals surface area contributed by atoms with Gasteiger partial charge in [-0.25, -0.2) is 9.97 Å². The third-order valence-corrected chi connectivity index (χ3v) is 1.94. The predicted octanol–water partition coefficient (Wildman–Crippen LogP) is 2.02. The van der Waals surface area contributed by atoms with Crippen LogP contribution in [-0.4, -0.2) is 15.9 Å². The van der Waals surface area contributed by atoms with E-state index in [0.717, 1.165) is 12.2 Å². The summed E-state index contributed by atoms with van der Waals surface area (Å²) in [5.41, 5.74) is -0.405. The van der Waals surface area contributed by atoms with Crippen LogP contribution in [0.1, 0.15) is 33.5 Å². The van der Waals surface area contributed by atoms with Crippen LogP contribution in [0.4, 0.5) is 5.82 Å². The largest absolute Gasteiger partial charge is 0.310 e. The molecule has 1 heterocycles. The third-order valence-electron chi connectivity index (χ3n) is 1.94. The van der Waals surface area contributed by atoms with Gasteiger partial charge in [0.2, 0.25) is 5.91 Å². The van der Waals surface area contributed by atoms with Crippen LogP contribution in [0.15, 0.2) is 12.3 Å². The molecule has 1 aromatic heterocycles. The summed E-state index contributed by atoms with van der Waals surface area (Å²) in [5.74, 6) is 1.27. The van der Waals surface area contributed by atoms with E-state index in [1.165, 1.54) is 0 Å². The van der Waals surface area contributed by atoms with Crippen molar-refractivity contribution in [2.75, 3.05) is 5.32 Å². The molecular formula is C11H17N3O. The Morgan fingerprint density at radius 3 is 2.67 bits per heavy atom. The third kappa shape index (κ3) is 3.31. The van der Waals surface area contributed by atoms with Gasteiger partial charge in [-0.05, 0) is 6.07 Å². The molecule has 0 aromatic carbocycles. The van der Waals surface area contributed by atoms with Crippen LogP contribution in [0.5, 0.6) is 0 Å². The van der Waals surface area contributed by atoms with Gasteiger partial charge >= 0.3 is 0 Å². The van der Waals surface area contributed by atoms with Gasteiger partial charge in [-0.2, -0.15) is 0 Å². The van der Waals surface area contributed by atoms with E-state index < -0.39 is 5.41 Å². The zero-order valence-corrected chi connectivity index (χ0v) is 9.66. The van der Waals surface area contributed by atoms with Gasteiger partial charge < -0.3 is 5.32 Å². The number of anilines is 1. The number of hydrogen-bond acceptors (Lipinski definition) is 3. The highest BCUT2D eigenvalue weighted by Crippen LogP contribution is 2.15. The molecule has 0 saturated carbocycles. The molecule has 1 rings (SSSR count). The summed E-state index contributed by atoms with van der Waals surface area (Å²) in [6.45, 7) is 7.57. The zero-order valence-electron chi connectivity index (χ0n) is 9.66. The molecule has 15 heavy (non-hydrogen) atoms. The van der Waals surface area contributed by atoms with Crippen molar-refractivity contribution < 1.29 is 4.79 Å². The highest BCUT2D eigenvalue weighted by atomic mass is 16.2. The lowest BCUT2D eigenvalue weighted by Crippen LogP contribution is -2.28. The fraction of sp³-hybridized carbons (Fsp3) is 0.545. The Kier molecular flexibility index (Phi) is 3.39. The van der Waals surface area contributed by atoms with E-state index in [1.54, 1.807) is 12.3 Å². The minimum Gasteiger partial charge on any atom is -0.310 e. The Morgan fingerprint density at radius 2 is 2.13 bits per heavy atom. The molecule has 0 bridgehead atoms. The van der Waals surface area contributed by atoms with Gasteiger partial charge in [0.05, 0.1) is 0 Å². The molecular weight excluding hydrogens is 190 g/mol. The van der Waals surface area contributed by atoms with E-state index in [4.69, 9.17) is 0 Å². The van der Waals surface area contributed by atoms with Gasteiger partial charge in [0.15, 0.2) is 0 Å². The van der Waals surface area contributed by atoms with Crippen molar-refractivity contribution in [2.45, 2.75) is 34.1 Å². The van der Waals surface area contributed by atoms with E-state index in [1.807, 2.05) is 27.7 Å². The normalized spacial score (nSPS) is 11.2. The predicted molar refractivity (Wildman–Crippen MR) is 59.5 cm³/mol. The summed E-state index contributed by atoms with van der Waals surface area (Å²) in [4.78, 5) is 19.9. The lowest BCUT2D eigenvalue weighted by atomic mass is 9.96. The Bertz CT molecular complexity index is 355. The van der Waals surface area contributed by atoms with Crippen molar-refractivity contribution in [3.05, 3.63) is 18.1 Å². The first-order valence-electron chi connectivity index (χ1n) is 5.07. The molecule has 0 saturated heterocycles. The van der Waals surface area contributed by atoms with Crippen LogP contribution in [0, 0.1) is 5.41 Å². The highest BCUT2D eigenvalue weighted by molar-refractivity contribution is 5.93. The topological polar surface area (TPSA) is 54.9 Å². The van der Waals surface area contributed by atoms with E-state index in [0.29, 0.717) is 5.82 Å². The molecule has 0 spiro atoms. The van der Waals surface area contributed by atoms with Crippen molar-refractivity contribution in [1.82, 2.24) is 9.97 Å². The van der Waals surface area contributed by atoms with Crippen molar-refractivity contribution in [3.8, 4) is 0 Å². The van der Waals surface area contributed by atoms with E-state index >= 15 is 0 Å². The first-order chi connectivity index (χ1) is 6.93.